The number of benzene rings is 1. The quantitative estimate of drug-likeness (QED) is 0.856. The number of hydrogen-bond acceptors (Lipinski definition) is 3. The van der Waals surface area contributed by atoms with Crippen LogP contribution >= 0.6 is 0 Å². The summed E-state index contributed by atoms with van der Waals surface area (Å²) in [5.41, 5.74) is 0.697. The Kier molecular flexibility index (Phi) is 4.83. The molecule has 0 aliphatic carbocycles. The highest BCUT2D eigenvalue weighted by Crippen LogP contribution is 2.25. The van der Waals surface area contributed by atoms with Crippen LogP contribution in [0, 0.1) is 11.6 Å². The van der Waals surface area contributed by atoms with Crippen LogP contribution in [-0.2, 0) is 9.47 Å². The third-order valence-corrected chi connectivity index (χ3v) is 4.20. The van der Waals surface area contributed by atoms with Crippen molar-refractivity contribution in [3.8, 4) is 0 Å². The Morgan fingerprint density at radius 2 is 2.00 bits per heavy atom. The fourth-order valence-corrected chi connectivity index (χ4v) is 3.02. The van der Waals surface area contributed by atoms with Gasteiger partial charge in [-0.25, -0.2) is 8.78 Å². The van der Waals surface area contributed by atoms with Crippen molar-refractivity contribution in [2.24, 2.45) is 0 Å². The summed E-state index contributed by atoms with van der Waals surface area (Å²) in [5, 5.41) is 0. The molecule has 2 aliphatic heterocycles. The lowest BCUT2D eigenvalue weighted by molar-refractivity contribution is -0.0612. The molecular weight excluding hydrogens is 276 g/mol. The van der Waals surface area contributed by atoms with Gasteiger partial charge in [0.1, 0.15) is 0 Å². The molecule has 2 atom stereocenters. The molecule has 0 amide bonds. The molecule has 0 bridgehead atoms. The SMILES string of the molecule is Fc1ccc([C@H]2CN(C[C@H]3CCCCO3)CCO2)cc1F. The van der Waals surface area contributed by atoms with Crippen LogP contribution in [0.5, 0.6) is 0 Å². The summed E-state index contributed by atoms with van der Waals surface area (Å²) < 4.78 is 37.8. The van der Waals surface area contributed by atoms with Crippen LogP contribution in [0.4, 0.5) is 8.78 Å². The molecule has 1 aromatic carbocycles. The van der Waals surface area contributed by atoms with E-state index in [9.17, 15) is 8.78 Å². The molecule has 1 aromatic rings. The molecule has 3 rings (SSSR count). The second-order valence-corrected chi connectivity index (χ2v) is 5.78. The fourth-order valence-electron chi connectivity index (χ4n) is 3.02. The summed E-state index contributed by atoms with van der Waals surface area (Å²) in [6, 6.07) is 4.00. The lowest BCUT2D eigenvalue weighted by Crippen LogP contribution is -2.43. The van der Waals surface area contributed by atoms with Crippen molar-refractivity contribution >= 4 is 0 Å². The minimum atomic E-state index is -0.818. The smallest absolute Gasteiger partial charge is 0.159 e. The number of rotatable bonds is 3. The Bertz CT molecular complexity index is 477. The van der Waals surface area contributed by atoms with Crippen molar-refractivity contribution < 1.29 is 18.3 Å². The zero-order chi connectivity index (χ0) is 14.7. The molecule has 116 valence electrons. The zero-order valence-electron chi connectivity index (χ0n) is 12.1. The van der Waals surface area contributed by atoms with Crippen molar-refractivity contribution in [1.29, 1.82) is 0 Å². The van der Waals surface area contributed by atoms with Gasteiger partial charge < -0.3 is 9.47 Å². The Balaban J connectivity index is 1.60. The zero-order valence-corrected chi connectivity index (χ0v) is 12.1. The van der Waals surface area contributed by atoms with Crippen molar-refractivity contribution in [1.82, 2.24) is 4.90 Å². The van der Waals surface area contributed by atoms with Gasteiger partial charge >= 0.3 is 0 Å². The van der Waals surface area contributed by atoms with Crippen LogP contribution in [-0.4, -0.2) is 43.9 Å². The molecule has 0 N–H and O–H groups in total. The number of nitrogens with zero attached hydrogens (tertiary/aromatic N) is 1. The first-order valence-electron chi connectivity index (χ1n) is 7.63. The summed E-state index contributed by atoms with van der Waals surface area (Å²) in [7, 11) is 0. The molecule has 2 fully saturated rings. The highest BCUT2D eigenvalue weighted by Gasteiger charge is 2.25. The van der Waals surface area contributed by atoms with Gasteiger partial charge in [-0.2, -0.15) is 0 Å². The van der Waals surface area contributed by atoms with E-state index in [1.807, 2.05) is 0 Å². The summed E-state index contributed by atoms with van der Waals surface area (Å²) in [4.78, 5) is 2.30. The topological polar surface area (TPSA) is 21.7 Å². The van der Waals surface area contributed by atoms with E-state index in [0.29, 0.717) is 24.8 Å². The third-order valence-electron chi connectivity index (χ3n) is 4.20. The molecular formula is C16H21F2NO2. The van der Waals surface area contributed by atoms with E-state index >= 15 is 0 Å². The standard InChI is InChI=1S/C16H21F2NO2/c17-14-5-4-12(9-15(14)18)16-11-19(6-8-21-16)10-13-3-1-2-7-20-13/h4-5,9,13,16H,1-3,6-8,10-11H2/t13-,16-/m1/s1. The van der Waals surface area contributed by atoms with Gasteiger partial charge in [-0.05, 0) is 37.0 Å². The average molecular weight is 297 g/mol. The molecule has 21 heavy (non-hydrogen) atoms. The molecule has 0 radical (unpaired) electrons. The van der Waals surface area contributed by atoms with Gasteiger partial charge in [0.25, 0.3) is 0 Å². The summed E-state index contributed by atoms with van der Waals surface area (Å²) in [6.45, 7) is 3.91. The van der Waals surface area contributed by atoms with E-state index in [-0.39, 0.29) is 6.10 Å². The molecule has 0 saturated carbocycles. The van der Waals surface area contributed by atoms with Crippen molar-refractivity contribution in [3.63, 3.8) is 0 Å². The highest BCUT2D eigenvalue weighted by molar-refractivity contribution is 5.21. The van der Waals surface area contributed by atoms with Gasteiger partial charge in [0, 0.05) is 26.2 Å². The van der Waals surface area contributed by atoms with Crippen LogP contribution in [0.3, 0.4) is 0 Å². The molecule has 2 saturated heterocycles. The van der Waals surface area contributed by atoms with Gasteiger partial charge in [0.15, 0.2) is 11.6 Å². The Morgan fingerprint density at radius 3 is 2.76 bits per heavy atom. The van der Waals surface area contributed by atoms with E-state index in [1.165, 1.54) is 12.5 Å². The molecule has 0 unspecified atom stereocenters. The molecule has 2 heterocycles. The van der Waals surface area contributed by atoms with Gasteiger partial charge in [-0.3, -0.25) is 4.90 Å². The molecule has 5 heteroatoms. The minimum absolute atomic E-state index is 0.197. The number of ether oxygens (including phenoxy) is 2. The van der Waals surface area contributed by atoms with Gasteiger partial charge in [0.05, 0.1) is 18.8 Å². The van der Waals surface area contributed by atoms with Crippen LogP contribution in [0.15, 0.2) is 18.2 Å². The largest absolute Gasteiger partial charge is 0.377 e. The van der Waals surface area contributed by atoms with Crippen LogP contribution in [0.25, 0.3) is 0 Å². The third kappa shape index (κ3) is 3.78. The monoisotopic (exact) mass is 297 g/mol. The predicted molar refractivity (Wildman–Crippen MR) is 75.1 cm³/mol. The van der Waals surface area contributed by atoms with E-state index in [2.05, 4.69) is 4.90 Å². The first-order chi connectivity index (χ1) is 10.2. The first kappa shape index (κ1) is 14.9. The lowest BCUT2D eigenvalue weighted by Gasteiger charge is -2.36. The number of halogens is 2. The second-order valence-electron chi connectivity index (χ2n) is 5.78. The van der Waals surface area contributed by atoms with Gasteiger partial charge in [0.2, 0.25) is 0 Å². The second kappa shape index (κ2) is 6.81. The van der Waals surface area contributed by atoms with E-state index in [0.717, 1.165) is 38.6 Å². The van der Waals surface area contributed by atoms with Gasteiger partial charge in [-0.15, -0.1) is 0 Å². The Labute approximate surface area is 123 Å². The molecule has 0 aromatic heterocycles. The molecule has 2 aliphatic rings. The van der Waals surface area contributed by atoms with E-state index < -0.39 is 11.6 Å². The Hall–Kier alpha value is -1.04. The summed E-state index contributed by atoms with van der Waals surface area (Å²) >= 11 is 0. The maximum atomic E-state index is 13.3. The number of morpholine rings is 1. The predicted octanol–water partition coefficient (Wildman–Crippen LogP) is 2.91. The van der Waals surface area contributed by atoms with Crippen LogP contribution in [0.1, 0.15) is 30.9 Å². The minimum Gasteiger partial charge on any atom is -0.377 e. The first-order valence-corrected chi connectivity index (χ1v) is 7.63. The highest BCUT2D eigenvalue weighted by atomic mass is 19.2. The average Bonchev–Trinajstić information content (AvgIpc) is 2.51. The summed E-state index contributed by atoms with van der Waals surface area (Å²) in [6.07, 6.45) is 3.58. The summed E-state index contributed by atoms with van der Waals surface area (Å²) in [5.74, 6) is -1.63. The van der Waals surface area contributed by atoms with Crippen molar-refractivity contribution in [3.05, 3.63) is 35.4 Å². The van der Waals surface area contributed by atoms with Crippen molar-refractivity contribution in [2.75, 3.05) is 32.8 Å². The maximum Gasteiger partial charge on any atom is 0.159 e. The molecule has 3 nitrogen and oxygen atoms in total. The molecule has 0 spiro atoms. The van der Waals surface area contributed by atoms with E-state index in [4.69, 9.17) is 9.47 Å². The van der Waals surface area contributed by atoms with E-state index in [1.54, 1.807) is 6.07 Å². The Morgan fingerprint density at radius 1 is 1.10 bits per heavy atom. The maximum absolute atomic E-state index is 13.3. The fraction of sp³-hybridized carbons (Fsp3) is 0.625. The number of hydrogen-bond donors (Lipinski definition) is 0. The lowest BCUT2D eigenvalue weighted by atomic mass is 10.1. The normalized spacial score (nSPS) is 27.7. The van der Waals surface area contributed by atoms with Crippen molar-refractivity contribution in [2.45, 2.75) is 31.5 Å². The van der Waals surface area contributed by atoms with Crippen LogP contribution in [0.2, 0.25) is 0 Å². The van der Waals surface area contributed by atoms with Gasteiger partial charge in [-0.1, -0.05) is 6.07 Å². The van der Waals surface area contributed by atoms with Crippen LogP contribution < -0.4 is 0 Å².